The standard InChI is InChI=1S/C20H27N3O2/c24-20(21-11-8-17-5-2-1-3-6-17)22-15-18-9-12-23(13-10-18)16-19-7-4-14-25-19/h1-7,14,18H,8-13,15-16H2,(H2,21,22,24). The number of amides is 2. The van der Waals surface area contributed by atoms with Gasteiger partial charge in [0.15, 0.2) is 0 Å². The molecule has 25 heavy (non-hydrogen) atoms. The molecule has 0 unspecified atom stereocenters. The van der Waals surface area contributed by atoms with Crippen LogP contribution in [0, 0.1) is 5.92 Å². The number of nitrogens with one attached hydrogen (secondary N) is 2. The van der Waals surface area contributed by atoms with Crippen LogP contribution in [0.1, 0.15) is 24.2 Å². The van der Waals surface area contributed by atoms with Crippen molar-refractivity contribution in [1.29, 1.82) is 0 Å². The molecular weight excluding hydrogens is 314 g/mol. The molecule has 1 aliphatic rings. The van der Waals surface area contributed by atoms with Crippen molar-refractivity contribution in [1.82, 2.24) is 15.5 Å². The van der Waals surface area contributed by atoms with E-state index < -0.39 is 0 Å². The molecule has 1 aromatic heterocycles. The third-order valence-corrected chi connectivity index (χ3v) is 4.76. The number of benzene rings is 1. The van der Waals surface area contributed by atoms with Gasteiger partial charge >= 0.3 is 6.03 Å². The molecule has 5 heteroatoms. The average Bonchev–Trinajstić information content (AvgIpc) is 3.15. The van der Waals surface area contributed by atoms with Gasteiger partial charge in [-0.1, -0.05) is 30.3 Å². The van der Waals surface area contributed by atoms with Gasteiger partial charge in [0.2, 0.25) is 0 Å². The van der Waals surface area contributed by atoms with Gasteiger partial charge in [-0.05, 0) is 56.0 Å². The van der Waals surface area contributed by atoms with Crippen LogP contribution >= 0.6 is 0 Å². The van der Waals surface area contributed by atoms with Crippen LogP contribution in [-0.4, -0.2) is 37.1 Å². The van der Waals surface area contributed by atoms with Crippen LogP contribution in [0.2, 0.25) is 0 Å². The molecule has 1 fully saturated rings. The second kappa shape index (κ2) is 9.28. The lowest BCUT2D eigenvalue weighted by atomic mass is 9.97. The molecule has 5 nitrogen and oxygen atoms in total. The van der Waals surface area contributed by atoms with E-state index in [0.717, 1.165) is 51.2 Å². The van der Waals surface area contributed by atoms with E-state index in [0.29, 0.717) is 12.5 Å². The Morgan fingerprint density at radius 3 is 2.60 bits per heavy atom. The quantitative estimate of drug-likeness (QED) is 0.814. The van der Waals surface area contributed by atoms with E-state index in [1.807, 2.05) is 30.3 Å². The first-order chi connectivity index (χ1) is 12.3. The Bertz CT molecular complexity index is 620. The van der Waals surface area contributed by atoms with Crippen molar-refractivity contribution < 1.29 is 9.21 Å². The minimum absolute atomic E-state index is 0.0612. The highest BCUT2D eigenvalue weighted by molar-refractivity contribution is 5.73. The average molecular weight is 341 g/mol. The molecule has 2 N–H and O–H groups in total. The summed E-state index contributed by atoms with van der Waals surface area (Å²) in [5, 5.41) is 5.95. The summed E-state index contributed by atoms with van der Waals surface area (Å²) in [4.78, 5) is 14.3. The Morgan fingerprint density at radius 1 is 1.08 bits per heavy atom. The van der Waals surface area contributed by atoms with Crippen molar-refractivity contribution in [2.45, 2.75) is 25.8 Å². The summed E-state index contributed by atoms with van der Waals surface area (Å²) < 4.78 is 5.40. The lowest BCUT2D eigenvalue weighted by Crippen LogP contribution is -2.42. The van der Waals surface area contributed by atoms with Crippen LogP contribution in [0.5, 0.6) is 0 Å². The van der Waals surface area contributed by atoms with Gasteiger partial charge in [-0.15, -0.1) is 0 Å². The van der Waals surface area contributed by atoms with E-state index in [2.05, 4.69) is 27.7 Å². The van der Waals surface area contributed by atoms with Crippen molar-refractivity contribution >= 4 is 6.03 Å². The molecule has 0 atom stereocenters. The molecular formula is C20H27N3O2. The maximum atomic E-state index is 11.9. The second-order valence-corrected chi connectivity index (χ2v) is 6.67. The van der Waals surface area contributed by atoms with Gasteiger partial charge in [-0.25, -0.2) is 4.79 Å². The fourth-order valence-corrected chi connectivity index (χ4v) is 3.24. The molecule has 3 rings (SSSR count). The number of furan rings is 1. The molecule has 0 radical (unpaired) electrons. The Labute approximate surface area is 149 Å². The van der Waals surface area contributed by atoms with Crippen LogP contribution in [0.15, 0.2) is 53.1 Å². The topological polar surface area (TPSA) is 57.5 Å². The number of hydrogen-bond donors (Lipinski definition) is 2. The summed E-state index contributed by atoms with van der Waals surface area (Å²) in [7, 11) is 0. The fraction of sp³-hybridized carbons (Fsp3) is 0.450. The summed E-state index contributed by atoms with van der Waals surface area (Å²) >= 11 is 0. The molecule has 0 bridgehead atoms. The third kappa shape index (κ3) is 5.94. The van der Waals surface area contributed by atoms with E-state index in [1.165, 1.54) is 5.56 Å². The van der Waals surface area contributed by atoms with Crippen LogP contribution in [0.4, 0.5) is 4.79 Å². The predicted octanol–water partition coefficient (Wildman–Crippen LogP) is 3.03. The Hall–Kier alpha value is -2.27. The highest BCUT2D eigenvalue weighted by atomic mass is 16.3. The first-order valence-corrected chi connectivity index (χ1v) is 9.10. The zero-order valence-electron chi connectivity index (χ0n) is 14.6. The molecule has 0 saturated carbocycles. The number of hydrogen-bond acceptors (Lipinski definition) is 3. The molecule has 2 aromatic rings. The van der Waals surface area contributed by atoms with Gasteiger partial charge in [0.25, 0.3) is 0 Å². The van der Waals surface area contributed by atoms with Crippen molar-refractivity contribution in [2.75, 3.05) is 26.2 Å². The van der Waals surface area contributed by atoms with Gasteiger partial charge in [0.05, 0.1) is 12.8 Å². The maximum Gasteiger partial charge on any atom is 0.314 e. The van der Waals surface area contributed by atoms with Gasteiger partial charge in [-0.3, -0.25) is 4.90 Å². The highest BCUT2D eigenvalue weighted by Gasteiger charge is 2.20. The van der Waals surface area contributed by atoms with Crippen molar-refractivity contribution in [3.05, 3.63) is 60.1 Å². The molecule has 1 saturated heterocycles. The number of rotatable bonds is 7. The van der Waals surface area contributed by atoms with Crippen LogP contribution < -0.4 is 10.6 Å². The van der Waals surface area contributed by atoms with E-state index in [1.54, 1.807) is 6.26 Å². The minimum atomic E-state index is -0.0612. The number of carbonyl (C=O) groups excluding carboxylic acids is 1. The summed E-state index contributed by atoms with van der Waals surface area (Å²) in [5.41, 5.74) is 1.24. The largest absolute Gasteiger partial charge is 0.468 e. The van der Waals surface area contributed by atoms with E-state index in [9.17, 15) is 4.79 Å². The van der Waals surface area contributed by atoms with Gasteiger partial charge in [0.1, 0.15) is 5.76 Å². The zero-order chi connectivity index (χ0) is 17.3. The summed E-state index contributed by atoms with van der Waals surface area (Å²) in [5.74, 6) is 1.59. The fourth-order valence-electron chi connectivity index (χ4n) is 3.24. The predicted molar refractivity (Wildman–Crippen MR) is 98.3 cm³/mol. The Kier molecular flexibility index (Phi) is 6.51. The van der Waals surface area contributed by atoms with Gasteiger partial charge < -0.3 is 15.1 Å². The van der Waals surface area contributed by atoms with Crippen molar-refractivity contribution in [3.63, 3.8) is 0 Å². The lowest BCUT2D eigenvalue weighted by molar-refractivity contribution is 0.165. The van der Waals surface area contributed by atoms with Crippen LogP contribution in [-0.2, 0) is 13.0 Å². The summed E-state index contributed by atoms with van der Waals surface area (Å²) in [6.45, 7) is 4.42. The zero-order valence-corrected chi connectivity index (χ0v) is 14.6. The highest BCUT2D eigenvalue weighted by Crippen LogP contribution is 2.18. The van der Waals surface area contributed by atoms with E-state index in [4.69, 9.17) is 4.42 Å². The third-order valence-electron chi connectivity index (χ3n) is 4.76. The van der Waals surface area contributed by atoms with Gasteiger partial charge in [-0.2, -0.15) is 0 Å². The van der Waals surface area contributed by atoms with Crippen LogP contribution in [0.3, 0.4) is 0 Å². The number of piperidine rings is 1. The first-order valence-electron chi connectivity index (χ1n) is 9.10. The maximum absolute atomic E-state index is 11.9. The van der Waals surface area contributed by atoms with E-state index in [-0.39, 0.29) is 6.03 Å². The molecule has 134 valence electrons. The second-order valence-electron chi connectivity index (χ2n) is 6.67. The number of likely N-dealkylation sites (tertiary alicyclic amines) is 1. The van der Waals surface area contributed by atoms with Crippen molar-refractivity contribution in [3.8, 4) is 0 Å². The molecule has 0 spiro atoms. The summed E-state index contributed by atoms with van der Waals surface area (Å²) in [6.07, 6.45) is 4.82. The minimum Gasteiger partial charge on any atom is -0.468 e. The smallest absolute Gasteiger partial charge is 0.314 e. The summed E-state index contributed by atoms with van der Waals surface area (Å²) in [6, 6.07) is 14.1. The monoisotopic (exact) mass is 341 g/mol. The molecule has 0 aliphatic carbocycles. The molecule has 1 aliphatic heterocycles. The number of carbonyl (C=O) groups is 1. The number of urea groups is 1. The first kappa shape index (κ1) is 17.5. The molecule has 2 amide bonds. The van der Waals surface area contributed by atoms with E-state index >= 15 is 0 Å². The number of nitrogens with zero attached hydrogens (tertiary/aromatic N) is 1. The Balaban J connectivity index is 1.27. The van der Waals surface area contributed by atoms with Crippen molar-refractivity contribution in [2.24, 2.45) is 5.92 Å². The van der Waals surface area contributed by atoms with Crippen LogP contribution in [0.25, 0.3) is 0 Å². The lowest BCUT2D eigenvalue weighted by Gasteiger charge is -2.31. The Morgan fingerprint density at radius 2 is 1.88 bits per heavy atom. The molecule has 1 aromatic carbocycles. The molecule has 2 heterocycles. The SMILES string of the molecule is O=C(NCCc1ccccc1)NCC1CCN(Cc2ccco2)CC1. The van der Waals surface area contributed by atoms with Gasteiger partial charge in [0, 0.05) is 13.1 Å². The normalized spacial score (nSPS) is 15.8.